The molecule has 1 aliphatic heterocycles. The molecule has 0 aromatic carbocycles. The normalized spacial score (nSPS) is 19.5. The number of thiazole rings is 1. The number of carbonyl (C=O) groups is 1. The lowest BCUT2D eigenvalue weighted by atomic mass is 10.00. The van der Waals surface area contributed by atoms with Gasteiger partial charge >= 0.3 is 5.97 Å². The molecule has 1 atom stereocenters. The molecular formula is C13H20N2O3S. The van der Waals surface area contributed by atoms with Crippen molar-refractivity contribution in [3.8, 4) is 0 Å². The number of rotatable bonds is 5. The second-order valence-electron chi connectivity index (χ2n) is 4.83. The molecule has 0 saturated carbocycles. The molecule has 0 aliphatic carbocycles. The van der Waals surface area contributed by atoms with Crippen LogP contribution >= 0.6 is 11.3 Å². The molecule has 1 N–H and O–H groups in total. The Morgan fingerprint density at radius 1 is 1.68 bits per heavy atom. The summed E-state index contributed by atoms with van der Waals surface area (Å²) < 4.78 is 4.62. The molecule has 1 aliphatic rings. The molecule has 6 heteroatoms. The summed E-state index contributed by atoms with van der Waals surface area (Å²) in [5.41, 5.74) is 0.941. The van der Waals surface area contributed by atoms with Crippen molar-refractivity contribution in [3.63, 3.8) is 0 Å². The smallest absolute Gasteiger partial charge is 0.305 e. The maximum Gasteiger partial charge on any atom is 0.305 e. The number of hydrogen-bond acceptors (Lipinski definition) is 6. The highest BCUT2D eigenvalue weighted by Crippen LogP contribution is 2.26. The summed E-state index contributed by atoms with van der Waals surface area (Å²) in [7, 11) is 1.40. The van der Waals surface area contributed by atoms with Gasteiger partial charge in [0.25, 0.3) is 0 Å². The molecule has 0 bridgehead atoms. The largest absolute Gasteiger partial charge is 0.469 e. The molecule has 2 rings (SSSR count). The lowest BCUT2D eigenvalue weighted by molar-refractivity contribution is -0.140. The van der Waals surface area contributed by atoms with E-state index in [1.54, 1.807) is 11.3 Å². The molecule has 1 fully saturated rings. The van der Waals surface area contributed by atoms with Crippen LogP contribution in [0.4, 0.5) is 5.13 Å². The Labute approximate surface area is 117 Å². The lowest BCUT2D eigenvalue weighted by Gasteiger charge is -2.31. The number of methoxy groups -OCH3 is 1. The predicted octanol–water partition coefficient (Wildman–Crippen LogP) is 1.46. The van der Waals surface area contributed by atoms with Crippen LogP contribution < -0.4 is 4.90 Å². The number of aryl methyl sites for hydroxylation is 1. The topological polar surface area (TPSA) is 62.7 Å². The van der Waals surface area contributed by atoms with Gasteiger partial charge in [-0.15, -0.1) is 11.3 Å². The summed E-state index contributed by atoms with van der Waals surface area (Å²) >= 11 is 1.61. The van der Waals surface area contributed by atoms with Crippen molar-refractivity contribution in [2.24, 2.45) is 5.92 Å². The van der Waals surface area contributed by atoms with Crippen molar-refractivity contribution in [1.29, 1.82) is 0 Å². The summed E-state index contributed by atoms with van der Waals surface area (Å²) in [6.07, 6.45) is 3.19. The fraction of sp³-hybridized carbons (Fsp3) is 0.692. The third-order valence-corrected chi connectivity index (χ3v) is 4.35. The van der Waals surface area contributed by atoms with E-state index >= 15 is 0 Å². The van der Waals surface area contributed by atoms with Crippen molar-refractivity contribution in [3.05, 3.63) is 11.1 Å². The summed E-state index contributed by atoms with van der Waals surface area (Å²) in [5, 5.41) is 12.2. The van der Waals surface area contributed by atoms with Gasteiger partial charge in [0.05, 0.1) is 19.2 Å². The van der Waals surface area contributed by atoms with Crippen molar-refractivity contribution in [1.82, 2.24) is 4.98 Å². The van der Waals surface area contributed by atoms with Gasteiger partial charge in [-0.25, -0.2) is 4.98 Å². The van der Waals surface area contributed by atoms with Crippen LogP contribution in [0.15, 0.2) is 5.38 Å². The monoisotopic (exact) mass is 284 g/mol. The third-order valence-electron chi connectivity index (χ3n) is 3.40. The molecule has 1 aromatic rings. The van der Waals surface area contributed by atoms with Gasteiger partial charge < -0.3 is 14.7 Å². The number of hydrogen-bond donors (Lipinski definition) is 1. The van der Waals surface area contributed by atoms with Crippen molar-refractivity contribution in [2.45, 2.75) is 25.7 Å². The molecular weight excluding hydrogens is 264 g/mol. The molecule has 106 valence electrons. The number of anilines is 1. The number of aliphatic hydroxyl groups is 1. The van der Waals surface area contributed by atoms with E-state index in [2.05, 4.69) is 14.6 Å². The Morgan fingerprint density at radius 3 is 3.26 bits per heavy atom. The van der Waals surface area contributed by atoms with Gasteiger partial charge in [-0.1, -0.05) is 0 Å². The van der Waals surface area contributed by atoms with Crippen LogP contribution in [0.1, 0.15) is 25.0 Å². The standard InChI is InChI=1S/C13H20N2O3S/c1-18-12(17)5-4-11-9-19-13(14-11)15-6-2-3-10(7-15)8-16/h9-10,16H,2-8H2,1H3. The number of aliphatic hydroxyl groups excluding tert-OH is 1. The first-order chi connectivity index (χ1) is 9.22. The Balaban J connectivity index is 1.91. The van der Waals surface area contributed by atoms with Gasteiger partial charge in [0.15, 0.2) is 5.13 Å². The van der Waals surface area contributed by atoms with E-state index in [1.807, 2.05) is 5.38 Å². The van der Waals surface area contributed by atoms with Crippen LogP contribution in [0.2, 0.25) is 0 Å². The van der Waals surface area contributed by atoms with Crippen LogP contribution in [0.3, 0.4) is 0 Å². The zero-order valence-electron chi connectivity index (χ0n) is 11.2. The van der Waals surface area contributed by atoms with E-state index in [1.165, 1.54) is 7.11 Å². The zero-order chi connectivity index (χ0) is 13.7. The molecule has 0 amide bonds. The second kappa shape index (κ2) is 6.86. The minimum Gasteiger partial charge on any atom is -0.469 e. The number of aromatic nitrogens is 1. The fourth-order valence-corrected chi connectivity index (χ4v) is 3.17. The van der Waals surface area contributed by atoms with Crippen molar-refractivity contribution in [2.75, 3.05) is 31.7 Å². The van der Waals surface area contributed by atoms with Crippen LogP contribution in [-0.4, -0.2) is 42.9 Å². The number of nitrogens with zero attached hydrogens (tertiary/aromatic N) is 2. The molecule has 19 heavy (non-hydrogen) atoms. The molecule has 5 nitrogen and oxygen atoms in total. The van der Waals surface area contributed by atoms with E-state index in [0.717, 1.165) is 36.8 Å². The first-order valence-electron chi connectivity index (χ1n) is 6.60. The zero-order valence-corrected chi connectivity index (χ0v) is 12.0. The Kier molecular flexibility index (Phi) is 5.15. The second-order valence-corrected chi connectivity index (χ2v) is 5.67. The molecule has 2 heterocycles. The molecule has 1 aromatic heterocycles. The third kappa shape index (κ3) is 3.91. The summed E-state index contributed by atoms with van der Waals surface area (Å²) in [5.74, 6) is 0.157. The predicted molar refractivity (Wildman–Crippen MR) is 74.5 cm³/mol. The molecule has 1 unspecified atom stereocenters. The van der Waals surface area contributed by atoms with Crippen LogP contribution in [0.25, 0.3) is 0 Å². The quantitative estimate of drug-likeness (QED) is 0.829. The average Bonchev–Trinajstić information content (AvgIpc) is 2.93. The summed E-state index contributed by atoms with van der Waals surface area (Å²) in [6.45, 7) is 2.12. The van der Waals surface area contributed by atoms with E-state index in [9.17, 15) is 9.90 Å². The van der Waals surface area contributed by atoms with Gasteiger partial charge in [-0.2, -0.15) is 0 Å². The highest BCUT2D eigenvalue weighted by Gasteiger charge is 2.21. The van der Waals surface area contributed by atoms with E-state index in [4.69, 9.17) is 0 Å². The maximum absolute atomic E-state index is 11.1. The van der Waals surface area contributed by atoms with Gasteiger partial charge in [0.1, 0.15) is 0 Å². The Morgan fingerprint density at radius 2 is 2.53 bits per heavy atom. The SMILES string of the molecule is COC(=O)CCc1csc(N2CCCC(CO)C2)n1. The summed E-state index contributed by atoms with van der Waals surface area (Å²) in [4.78, 5) is 17.9. The first-order valence-corrected chi connectivity index (χ1v) is 7.48. The number of ether oxygens (including phenoxy) is 1. The first kappa shape index (κ1) is 14.3. The van der Waals surface area contributed by atoms with E-state index in [-0.39, 0.29) is 12.6 Å². The van der Waals surface area contributed by atoms with Crippen LogP contribution in [0, 0.1) is 5.92 Å². The van der Waals surface area contributed by atoms with E-state index < -0.39 is 0 Å². The Hall–Kier alpha value is -1.14. The summed E-state index contributed by atoms with van der Waals surface area (Å²) in [6, 6.07) is 0. The minimum atomic E-state index is -0.201. The van der Waals surface area contributed by atoms with Gasteiger partial charge in [0, 0.05) is 31.5 Å². The highest BCUT2D eigenvalue weighted by atomic mass is 32.1. The highest BCUT2D eigenvalue weighted by molar-refractivity contribution is 7.13. The van der Waals surface area contributed by atoms with Crippen LogP contribution in [0.5, 0.6) is 0 Å². The molecule has 1 saturated heterocycles. The maximum atomic E-state index is 11.1. The molecule has 0 spiro atoms. The minimum absolute atomic E-state index is 0.201. The average molecular weight is 284 g/mol. The number of carbonyl (C=O) groups excluding carboxylic acids is 1. The van der Waals surface area contributed by atoms with Crippen molar-refractivity contribution >= 4 is 22.4 Å². The van der Waals surface area contributed by atoms with Gasteiger partial charge in [0.2, 0.25) is 0 Å². The van der Waals surface area contributed by atoms with Gasteiger partial charge in [-0.05, 0) is 18.8 Å². The Bertz CT molecular complexity index is 422. The van der Waals surface area contributed by atoms with Gasteiger partial charge in [-0.3, -0.25) is 4.79 Å². The van der Waals surface area contributed by atoms with Crippen LogP contribution in [-0.2, 0) is 16.0 Å². The van der Waals surface area contributed by atoms with Crippen molar-refractivity contribution < 1.29 is 14.6 Å². The van der Waals surface area contributed by atoms with E-state index in [0.29, 0.717) is 18.8 Å². The lowest BCUT2D eigenvalue weighted by Crippen LogP contribution is -2.36. The fourth-order valence-electron chi connectivity index (χ4n) is 2.28. The number of piperidine rings is 1. The molecule has 0 radical (unpaired) electrons. The number of esters is 1.